The Hall–Kier alpha value is -0.430. The molecule has 4 nitrogen and oxygen atoms in total. The molecular weight excluding hydrogens is 328 g/mol. The highest BCUT2D eigenvalue weighted by Crippen LogP contribution is 2.29. The molecule has 106 valence electrons. The Kier molecular flexibility index (Phi) is 5.00. The van der Waals surface area contributed by atoms with E-state index in [1.54, 1.807) is 18.3 Å². The molecule has 0 aromatic carbocycles. The number of carboxylic acid groups (broad SMARTS) is 1. The summed E-state index contributed by atoms with van der Waals surface area (Å²) >= 11 is 5.25. The maximum Gasteiger partial charge on any atom is 0.320 e. The highest BCUT2D eigenvalue weighted by molar-refractivity contribution is 9.10. The minimum Gasteiger partial charge on any atom is -0.480 e. The first-order chi connectivity index (χ1) is 8.99. The van der Waals surface area contributed by atoms with Gasteiger partial charge < -0.3 is 5.11 Å². The average molecular weight is 347 g/mol. The molecule has 2 atom stereocenters. The van der Waals surface area contributed by atoms with Gasteiger partial charge in [0, 0.05) is 47.0 Å². The second kappa shape index (κ2) is 6.35. The zero-order valence-electron chi connectivity index (χ0n) is 11.2. The summed E-state index contributed by atoms with van der Waals surface area (Å²) in [6.07, 6.45) is 0. The number of nitrogens with zero attached hydrogens (tertiary/aromatic N) is 2. The van der Waals surface area contributed by atoms with Crippen molar-refractivity contribution in [2.45, 2.75) is 25.9 Å². The summed E-state index contributed by atoms with van der Waals surface area (Å²) in [4.78, 5) is 16.8. The van der Waals surface area contributed by atoms with Crippen LogP contribution >= 0.6 is 27.3 Å². The van der Waals surface area contributed by atoms with Gasteiger partial charge in [-0.25, -0.2) is 0 Å². The number of hydrogen-bond acceptors (Lipinski definition) is 4. The Morgan fingerprint density at radius 2 is 1.89 bits per heavy atom. The van der Waals surface area contributed by atoms with Crippen molar-refractivity contribution in [3.8, 4) is 0 Å². The zero-order valence-corrected chi connectivity index (χ0v) is 13.6. The van der Waals surface area contributed by atoms with Gasteiger partial charge in [0.25, 0.3) is 0 Å². The topological polar surface area (TPSA) is 43.8 Å². The number of halogens is 1. The number of carboxylic acids is 1. The fourth-order valence-corrected chi connectivity index (χ4v) is 3.93. The summed E-state index contributed by atoms with van der Waals surface area (Å²) in [6, 6.07) is 2.19. The van der Waals surface area contributed by atoms with Gasteiger partial charge in [-0.2, -0.15) is 0 Å². The summed E-state index contributed by atoms with van der Waals surface area (Å²) in [7, 11) is 0. The molecule has 0 bridgehead atoms. The molecular formula is C13H19BrN2O2S. The molecule has 1 saturated heterocycles. The van der Waals surface area contributed by atoms with Crippen LogP contribution in [-0.4, -0.2) is 53.1 Å². The van der Waals surface area contributed by atoms with Crippen LogP contribution in [0, 0.1) is 0 Å². The van der Waals surface area contributed by atoms with E-state index in [0.29, 0.717) is 6.04 Å². The molecule has 1 N–H and O–H groups in total. The molecule has 1 aromatic heterocycles. The molecule has 2 heterocycles. The molecule has 1 aliphatic rings. The van der Waals surface area contributed by atoms with E-state index < -0.39 is 5.97 Å². The zero-order chi connectivity index (χ0) is 14.0. The Labute approximate surface area is 126 Å². The SMILES string of the molecule is CC(C(=O)O)N1CCN(C(C)c2cc(Br)cs2)CC1. The lowest BCUT2D eigenvalue weighted by molar-refractivity contribution is -0.143. The molecule has 1 aliphatic heterocycles. The number of rotatable bonds is 4. The van der Waals surface area contributed by atoms with Gasteiger partial charge in [0.1, 0.15) is 6.04 Å². The van der Waals surface area contributed by atoms with E-state index in [-0.39, 0.29) is 6.04 Å². The number of hydrogen-bond donors (Lipinski definition) is 1. The largest absolute Gasteiger partial charge is 0.480 e. The summed E-state index contributed by atoms with van der Waals surface area (Å²) in [5.74, 6) is -0.733. The first kappa shape index (κ1) is 15.0. The van der Waals surface area contributed by atoms with E-state index in [1.165, 1.54) is 4.88 Å². The normalized spacial score (nSPS) is 21.2. The van der Waals surface area contributed by atoms with E-state index in [9.17, 15) is 4.79 Å². The van der Waals surface area contributed by atoms with Crippen LogP contribution < -0.4 is 0 Å². The van der Waals surface area contributed by atoms with Gasteiger partial charge in [0.2, 0.25) is 0 Å². The van der Waals surface area contributed by atoms with Crippen LogP contribution in [0.25, 0.3) is 0 Å². The quantitative estimate of drug-likeness (QED) is 0.910. The minimum atomic E-state index is -0.733. The van der Waals surface area contributed by atoms with Crippen LogP contribution in [0.2, 0.25) is 0 Å². The smallest absolute Gasteiger partial charge is 0.320 e. The van der Waals surface area contributed by atoms with Crippen LogP contribution in [0.4, 0.5) is 0 Å². The van der Waals surface area contributed by atoms with Crippen molar-refractivity contribution in [1.29, 1.82) is 0 Å². The second-order valence-corrected chi connectivity index (χ2v) is 6.79. The lowest BCUT2D eigenvalue weighted by atomic mass is 10.1. The number of piperazine rings is 1. The number of carbonyl (C=O) groups is 1. The Bertz CT molecular complexity index is 444. The molecule has 0 saturated carbocycles. The van der Waals surface area contributed by atoms with Crippen molar-refractivity contribution < 1.29 is 9.90 Å². The van der Waals surface area contributed by atoms with Gasteiger partial charge in [-0.1, -0.05) is 0 Å². The molecule has 0 radical (unpaired) electrons. The predicted molar refractivity (Wildman–Crippen MR) is 80.7 cm³/mol. The summed E-state index contributed by atoms with van der Waals surface area (Å²) in [5.41, 5.74) is 0. The fraction of sp³-hybridized carbons (Fsp3) is 0.615. The van der Waals surface area contributed by atoms with Gasteiger partial charge in [0.15, 0.2) is 0 Å². The first-order valence-corrected chi connectivity index (χ1v) is 8.11. The molecule has 0 aliphatic carbocycles. The van der Waals surface area contributed by atoms with E-state index in [2.05, 4.69) is 39.2 Å². The third-order valence-electron chi connectivity index (χ3n) is 3.80. The number of aliphatic carboxylic acids is 1. The third-order valence-corrected chi connectivity index (χ3v) is 5.66. The van der Waals surface area contributed by atoms with E-state index in [1.807, 2.05) is 4.90 Å². The van der Waals surface area contributed by atoms with Crippen LogP contribution in [0.5, 0.6) is 0 Å². The van der Waals surface area contributed by atoms with E-state index in [4.69, 9.17) is 5.11 Å². The van der Waals surface area contributed by atoms with Crippen molar-refractivity contribution in [3.63, 3.8) is 0 Å². The van der Waals surface area contributed by atoms with Crippen molar-refractivity contribution in [2.75, 3.05) is 26.2 Å². The van der Waals surface area contributed by atoms with Gasteiger partial charge in [0.05, 0.1) is 0 Å². The van der Waals surface area contributed by atoms with Crippen molar-refractivity contribution in [3.05, 3.63) is 20.8 Å². The Morgan fingerprint density at radius 3 is 2.37 bits per heavy atom. The standard InChI is InChI=1S/C13H19BrN2O2S/c1-9(12-7-11(14)8-19-12)15-3-5-16(6-4-15)10(2)13(17)18/h7-10H,3-6H2,1-2H3,(H,17,18). The predicted octanol–water partition coefficient (Wildman–Crippen LogP) is 2.66. The maximum atomic E-state index is 11.0. The Morgan fingerprint density at radius 1 is 1.32 bits per heavy atom. The summed E-state index contributed by atoms with van der Waals surface area (Å²) < 4.78 is 1.14. The third kappa shape index (κ3) is 3.56. The van der Waals surface area contributed by atoms with Crippen molar-refractivity contribution in [1.82, 2.24) is 9.80 Å². The minimum absolute atomic E-state index is 0.381. The monoisotopic (exact) mass is 346 g/mol. The molecule has 19 heavy (non-hydrogen) atoms. The van der Waals surface area contributed by atoms with Crippen LogP contribution in [0.1, 0.15) is 24.8 Å². The highest BCUT2D eigenvalue weighted by Gasteiger charge is 2.27. The van der Waals surface area contributed by atoms with Gasteiger partial charge in [-0.3, -0.25) is 14.6 Å². The van der Waals surface area contributed by atoms with Crippen LogP contribution in [0.3, 0.4) is 0 Å². The molecule has 1 fully saturated rings. The summed E-state index contributed by atoms with van der Waals surface area (Å²) in [6.45, 7) is 7.48. The maximum absolute atomic E-state index is 11.0. The van der Waals surface area contributed by atoms with Crippen LogP contribution in [-0.2, 0) is 4.79 Å². The Balaban J connectivity index is 1.91. The van der Waals surface area contributed by atoms with Gasteiger partial charge in [-0.05, 0) is 35.8 Å². The van der Waals surface area contributed by atoms with Gasteiger partial charge in [-0.15, -0.1) is 11.3 Å². The highest BCUT2D eigenvalue weighted by atomic mass is 79.9. The second-order valence-electron chi connectivity index (χ2n) is 4.93. The molecule has 6 heteroatoms. The lowest BCUT2D eigenvalue weighted by Gasteiger charge is -2.39. The van der Waals surface area contributed by atoms with Gasteiger partial charge >= 0.3 is 5.97 Å². The average Bonchev–Trinajstić information content (AvgIpc) is 2.84. The van der Waals surface area contributed by atoms with E-state index >= 15 is 0 Å². The summed E-state index contributed by atoms with van der Waals surface area (Å²) in [5, 5.41) is 11.1. The van der Waals surface area contributed by atoms with Crippen molar-refractivity contribution >= 4 is 33.2 Å². The fourth-order valence-electron chi connectivity index (χ4n) is 2.40. The van der Waals surface area contributed by atoms with Crippen LogP contribution in [0.15, 0.2) is 15.9 Å². The van der Waals surface area contributed by atoms with Crippen molar-refractivity contribution in [2.24, 2.45) is 0 Å². The first-order valence-electron chi connectivity index (χ1n) is 6.44. The molecule has 2 unspecified atom stereocenters. The molecule has 2 rings (SSSR count). The molecule has 0 spiro atoms. The molecule has 0 amide bonds. The molecule has 1 aromatic rings. The lowest BCUT2D eigenvalue weighted by Crippen LogP contribution is -2.52. The number of thiophene rings is 1. The van der Waals surface area contributed by atoms with E-state index in [0.717, 1.165) is 30.7 Å².